The minimum atomic E-state index is -0.401. The highest BCUT2D eigenvalue weighted by atomic mass is 16.6. The van der Waals surface area contributed by atoms with Crippen LogP contribution in [-0.2, 0) is 0 Å². The molecule has 0 atom stereocenters. The number of benzene rings is 1. The van der Waals surface area contributed by atoms with Crippen LogP contribution < -0.4 is 17.2 Å². The van der Waals surface area contributed by atoms with Crippen LogP contribution in [0.2, 0.25) is 0 Å². The van der Waals surface area contributed by atoms with Crippen molar-refractivity contribution in [3.05, 3.63) is 52.8 Å². The Hall–Kier alpha value is -3.04. The molecule has 1 fully saturated rings. The van der Waals surface area contributed by atoms with Gasteiger partial charge < -0.3 is 17.2 Å². The number of aromatic nitrogens is 3. The predicted octanol–water partition coefficient (Wildman–Crippen LogP) is 3.15. The second-order valence-electron chi connectivity index (χ2n) is 6.70. The number of imidazole rings is 1. The Morgan fingerprint density at radius 2 is 1.89 bits per heavy atom. The van der Waals surface area contributed by atoms with E-state index in [1.807, 2.05) is 6.07 Å². The second kappa shape index (κ2) is 7.68. The van der Waals surface area contributed by atoms with Crippen molar-refractivity contribution in [3.8, 4) is 11.1 Å². The number of anilines is 1. The van der Waals surface area contributed by atoms with Gasteiger partial charge in [-0.05, 0) is 49.4 Å². The van der Waals surface area contributed by atoms with E-state index in [0.29, 0.717) is 12.1 Å². The van der Waals surface area contributed by atoms with Gasteiger partial charge in [0.25, 0.3) is 5.69 Å². The normalized spacial score (nSPS) is 19.4. The molecule has 0 radical (unpaired) electrons. The lowest BCUT2D eigenvalue weighted by molar-refractivity contribution is -0.384. The number of nitrogens with two attached hydrogens (primary N) is 1. The van der Waals surface area contributed by atoms with Crippen LogP contribution in [0.4, 0.5) is 11.5 Å². The van der Waals surface area contributed by atoms with Gasteiger partial charge in [-0.1, -0.05) is 0 Å². The van der Waals surface area contributed by atoms with Gasteiger partial charge in [0.15, 0.2) is 5.65 Å². The molecule has 4 rings (SSSR count). The van der Waals surface area contributed by atoms with E-state index in [1.54, 1.807) is 29.0 Å². The fourth-order valence-corrected chi connectivity index (χ4v) is 3.44. The molecular formula is C18H23N7O2. The van der Waals surface area contributed by atoms with Crippen LogP contribution in [0.25, 0.3) is 16.8 Å². The first kappa shape index (κ1) is 18.7. The average molecular weight is 369 g/mol. The molecule has 2 heterocycles. The average Bonchev–Trinajstić information content (AvgIpc) is 3.11. The number of fused-ring (bicyclic) bond motifs is 1. The standard InChI is InChI=1S/C18H20N6O2.H3N/c19-13-3-5-14(6-4-13)21-17-11-16(18-20-9-10-23(18)22-17)12-1-7-15(8-2-12)24(25)26;/h1-2,7-11,13-14H,3-6,19H2,(H,21,22);1H3. The molecule has 0 unspecified atom stereocenters. The van der Waals surface area contributed by atoms with E-state index in [-0.39, 0.29) is 11.8 Å². The highest BCUT2D eigenvalue weighted by Crippen LogP contribution is 2.28. The zero-order chi connectivity index (χ0) is 18.1. The summed E-state index contributed by atoms with van der Waals surface area (Å²) in [6.07, 6.45) is 7.57. The van der Waals surface area contributed by atoms with Crippen molar-refractivity contribution in [2.45, 2.75) is 37.8 Å². The van der Waals surface area contributed by atoms with Crippen molar-refractivity contribution in [2.75, 3.05) is 5.32 Å². The summed E-state index contributed by atoms with van der Waals surface area (Å²) < 4.78 is 1.73. The van der Waals surface area contributed by atoms with E-state index in [1.165, 1.54) is 12.1 Å². The number of hydrogen-bond donors (Lipinski definition) is 3. The molecule has 3 aromatic rings. The van der Waals surface area contributed by atoms with E-state index < -0.39 is 4.92 Å². The predicted molar refractivity (Wildman–Crippen MR) is 104 cm³/mol. The molecular weight excluding hydrogens is 346 g/mol. The highest BCUT2D eigenvalue weighted by molar-refractivity contribution is 5.79. The van der Waals surface area contributed by atoms with Crippen molar-refractivity contribution in [1.82, 2.24) is 20.7 Å². The Kier molecular flexibility index (Phi) is 5.33. The van der Waals surface area contributed by atoms with Gasteiger partial charge in [-0.15, -0.1) is 5.10 Å². The zero-order valence-corrected chi connectivity index (χ0v) is 14.9. The van der Waals surface area contributed by atoms with E-state index in [2.05, 4.69) is 15.4 Å². The maximum absolute atomic E-state index is 10.9. The van der Waals surface area contributed by atoms with Crippen LogP contribution in [0.15, 0.2) is 42.7 Å². The van der Waals surface area contributed by atoms with Crippen LogP contribution >= 0.6 is 0 Å². The number of nitro groups is 1. The first-order chi connectivity index (χ1) is 12.6. The summed E-state index contributed by atoms with van der Waals surface area (Å²) in [6.45, 7) is 0. The first-order valence-electron chi connectivity index (χ1n) is 8.71. The molecule has 1 aromatic carbocycles. The minimum absolute atomic E-state index is 0. The lowest BCUT2D eigenvalue weighted by Gasteiger charge is -2.27. The zero-order valence-electron chi connectivity index (χ0n) is 14.9. The van der Waals surface area contributed by atoms with Gasteiger partial charge in [0.1, 0.15) is 5.82 Å². The Balaban J connectivity index is 0.00000210. The summed E-state index contributed by atoms with van der Waals surface area (Å²) in [5.41, 5.74) is 8.51. The van der Waals surface area contributed by atoms with E-state index in [9.17, 15) is 10.1 Å². The van der Waals surface area contributed by atoms with Crippen LogP contribution in [0.5, 0.6) is 0 Å². The molecule has 0 amide bonds. The molecule has 1 aliphatic carbocycles. The molecule has 1 aliphatic rings. The lowest BCUT2D eigenvalue weighted by Crippen LogP contribution is -2.33. The van der Waals surface area contributed by atoms with Crippen LogP contribution in [0, 0.1) is 10.1 Å². The lowest BCUT2D eigenvalue weighted by atomic mass is 9.92. The number of hydrogen-bond acceptors (Lipinski definition) is 7. The molecule has 1 saturated carbocycles. The molecule has 9 heteroatoms. The number of nitrogens with one attached hydrogen (secondary N) is 1. The van der Waals surface area contributed by atoms with Crippen molar-refractivity contribution in [1.29, 1.82) is 0 Å². The summed E-state index contributed by atoms with van der Waals surface area (Å²) in [5.74, 6) is 0.768. The van der Waals surface area contributed by atoms with Crippen LogP contribution in [-0.4, -0.2) is 31.6 Å². The van der Waals surface area contributed by atoms with Crippen molar-refractivity contribution >= 4 is 17.2 Å². The number of non-ortho nitro benzene ring substituents is 1. The van der Waals surface area contributed by atoms with Gasteiger partial charge >= 0.3 is 0 Å². The number of nitro benzene ring substituents is 1. The Bertz CT molecular complexity index is 931. The monoisotopic (exact) mass is 369 g/mol. The number of nitrogens with zero attached hydrogens (tertiary/aromatic N) is 4. The minimum Gasteiger partial charge on any atom is -0.366 e. The van der Waals surface area contributed by atoms with Gasteiger partial charge in [0, 0.05) is 42.2 Å². The van der Waals surface area contributed by atoms with Crippen molar-refractivity contribution in [3.63, 3.8) is 0 Å². The highest BCUT2D eigenvalue weighted by Gasteiger charge is 2.19. The largest absolute Gasteiger partial charge is 0.366 e. The summed E-state index contributed by atoms with van der Waals surface area (Å²) >= 11 is 0. The molecule has 2 aromatic heterocycles. The van der Waals surface area contributed by atoms with E-state index in [0.717, 1.165) is 48.3 Å². The molecule has 0 saturated heterocycles. The Labute approximate surface area is 156 Å². The fourth-order valence-electron chi connectivity index (χ4n) is 3.44. The van der Waals surface area contributed by atoms with Crippen molar-refractivity contribution in [2.24, 2.45) is 5.73 Å². The van der Waals surface area contributed by atoms with E-state index >= 15 is 0 Å². The van der Waals surface area contributed by atoms with Gasteiger partial charge in [0.2, 0.25) is 0 Å². The van der Waals surface area contributed by atoms with Gasteiger partial charge in [-0.25, -0.2) is 9.50 Å². The van der Waals surface area contributed by atoms with Crippen molar-refractivity contribution < 1.29 is 4.92 Å². The summed E-state index contributed by atoms with van der Waals surface area (Å²) in [6, 6.07) is 9.10. The molecule has 0 spiro atoms. The Morgan fingerprint density at radius 1 is 1.19 bits per heavy atom. The van der Waals surface area contributed by atoms with Gasteiger partial charge in [-0.2, -0.15) is 0 Å². The molecule has 27 heavy (non-hydrogen) atoms. The topological polar surface area (TPSA) is 146 Å². The van der Waals surface area contributed by atoms with Gasteiger partial charge in [0.05, 0.1) is 4.92 Å². The smallest absolute Gasteiger partial charge is 0.269 e. The van der Waals surface area contributed by atoms with Gasteiger partial charge in [-0.3, -0.25) is 10.1 Å². The third-order valence-electron chi connectivity index (χ3n) is 4.87. The molecule has 0 aliphatic heterocycles. The first-order valence-corrected chi connectivity index (χ1v) is 8.71. The van der Waals surface area contributed by atoms with E-state index in [4.69, 9.17) is 5.73 Å². The summed E-state index contributed by atoms with van der Waals surface area (Å²) in [4.78, 5) is 14.9. The summed E-state index contributed by atoms with van der Waals surface area (Å²) in [7, 11) is 0. The SMILES string of the molecule is N.NC1CCC(Nc2cc(-c3ccc([N+](=O)[O-])cc3)c3nccn3n2)CC1. The fraction of sp³-hybridized carbons (Fsp3) is 0.333. The molecule has 6 N–H and O–H groups in total. The van der Waals surface area contributed by atoms with Crippen LogP contribution in [0.1, 0.15) is 25.7 Å². The number of rotatable bonds is 4. The quantitative estimate of drug-likeness (QED) is 0.473. The Morgan fingerprint density at radius 3 is 2.56 bits per heavy atom. The van der Waals surface area contributed by atoms with Crippen LogP contribution in [0.3, 0.4) is 0 Å². The summed E-state index contributed by atoms with van der Waals surface area (Å²) in [5, 5.41) is 19.0. The molecule has 142 valence electrons. The third kappa shape index (κ3) is 3.88. The maximum Gasteiger partial charge on any atom is 0.269 e. The molecule has 0 bridgehead atoms. The third-order valence-corrected chi connectivity index (χ3v) is 4.87. The second-order valence-corrected chi connectivity index (χ2v) is 6.70. The maximum atomic E-state index is 10.9. The molecule has 9 nitrogen and oxygen atoms in total.